The van der Waals surface area contributed by atoms with Gasteiger partial charge in [0.1, 0.15) is 0 Å². The van der Waals surface area contributed by atoms with Crippen LogP contribution >= 0.6 is 0 Å². The minimum Gasteiger partial charge on any atom is -0.350 e. The molecule has 0 fully saturated rings. The third-order valence-corrected chi connectivity index (χ3v) is 5.79. The lowest BCUT2D eigenvalue weighted by molar-refractivity contribution is 0.0943. The molecule has 2 N–H and O–H groups in total. The van der Waals surface area contributed by atoms with E-state index in [0.717, 1.165) is 5.56 Å². The number of pyridine rings is 1. The van der Waals surface area contributed by atoms with Crippen molar-refractivity contribution in [2.45, 2.75) is 52.6 Å². The van der Waals surface area contributed by atoms with Gasteiger partial charge < -0.3 is 10.2 Å². The Hall–Kier alpha value is -3.26. The van der Waals surface area contributed by atoms with Crippen LogP contribution in [0.2, 0.25) is 0 Å². The molecule has 0 aliphatic carbocycles. The average molecular weight is 452 g/mol. The highest BCUT2D eigenvalue weighted by Crippen LogP contribution is 2.21. The topological polar surface area (TPSA) is 100 Å². The van der Waals surface area contributed by atoms with Crippen molar-refractivity contribution in [1.29, 1.82) is 0 Å². The summed E-state index contributed by atoms with van der Waals surface area (Å²) in [4.78, 5) is 47.5. The monoisotopic (exact) mass is 451 g/mol. The van der Waals surface area contributed by atoms with Gasteiger partial charge in [-0.3, -0.25) is 19.1 Å². The van der Waals surface area contributed by atoms with Crippen LogP contribution < -0.4 is 16.6 Å². The lowest BCUT2D eigenvalue weighted by Gasteiger charge is -2.25. The van der Waals surface area contributed by atoms with Gasteiger partial charge in [0, 0.05) is 18.8 Å². The summed E-state index contributed by atoms with van der Waals surface area (Å²) in [6.07, 6.45) is 0.692. The number of aryl methyl sites for hydroxylation is 2. The first kappa shape index (κ1) is 24.4. The van der Waals surface area contributed by atoms with E-state index in [2.05, 4.69) is 27.4 Å². The van der Waals surface area contributed by atoms with Gasteiger partial charge in [0.15, 0.2) is 5.65 Å². The average Bonchev–Trinajstić information content (AvgIpc) is 2.76. The Kier molecular flexibility index (Phi) is 7.48. The smallest absolute Gasteiger partial charge is 0.329 e. The molecule has 3 aromatic rings. The van der Waals surface area contributed by atoms with E-state index in [-0.39, 0.29) is 34.5 Å². The van der Waals surface area contributed by atoms with Crippen molar-refractivity contribution in [2.24, 2.45) is 0 Å². The molecule has 176 valence electrons. The minimum absolute atomic E-state index is 0.0208. The maximum Gasteiger partial charge on any atom is 0.329 e. The van der Waals surface area contributed by atoms with Crippen molar-refractivity contribution >= 4 is 16.9 Å². The van der Waals surface area contributed by atoms with E-state index in [1.54, 1.807) is 6.07 Å². The van der Waals surface area contributed by atoms with Crippen LogP contribution in [0.4, 0.5) is 0 Å². The molecule has 2 heterocycles. The second-order valence-electron chi connectivity index (χ2n) is 8.96. The molecular weight excluding hydrogens is 418 g/mol. The summed E-state index contributed by atoms with van der Waals surface area (Å²) in [5, 5.41) is 3.14. The van der Waals surface area contributed by atoms with Crippen LogP contribution in [0.15, 0.2) is 39.9 Å². The largest absolute Gasteiger partial charge is 0.350 e. The summed E-state index contributed by atoms with van der Waals surface area (Å²) in [7, 11) is 3.92. The van der Waals surface area contributed by atoms with E-state index in [1.165, 1.54) is 10.1 Å². The number of nitrogens with one attached hydrogen (secondary N) is 2. The first-order valence-corrected chi connectivity index (χ1v) is 11.3. The molecule has 1 aromatic carbocycles. The van der Waals surface area contributed by atoms with Crippen molar-refractivity contribution in [3.8, 4) is 0 Å². The molecule has 33 heavy (non-hydrogen) atoms. The fourth-order valence-electron chi connectivity index (χ4n) is 3.87. The van der Waals surface area contributed by atoms with Gasteiger partial charge in [-0.25, -0.2) is 9.78 Å². The number of amides is 1. The normalized spacial score (nSPS) is 12.5. The van der Waals surface area contributed by atoms with Gasteiger partial charge in [0.25, 0.3) is 11.5 Å². The summed E-state index contributed by atoms with van der Waals surface area (Å²) in [5.74, 6) is -0.344. The van der Waals surface area contributed by atoms with Crippen LogP contribution in [0.5, 0.6) is 0 Å². The maximum absolute atomic E-state index is 13.4. The first-order valence-electron chi connectivity index (χ1n) is 11.3. The molecule has 0 aliphatic heterocycles. The fourth-order valence-corrected chi connectivity index (χ4v) is 3.87. The van der Waals surface area contributed by atoms with Gasteiger partial charge in [-0.05, 0) is 45.0 Å². The lowest BCUT2D eigenvalue weighted by Crippen LogP contribution is -2.36. The molecule has 8 nitrogen and oxygen atoms in total. The molecule has 0 saturated carbocycles. The maximum atomic E-state index is 13.4. The van der Waals surface area contributed by atoms with Gasteiger partial charge in [-0.2, -0.15) is 0 Å². The number of nitrogens with zero attached hydrogens (tertiary/aromatic N) is 3. The molecular formula is C25H33N5O3. The third-order valence-electron chi connectivity index (χ3n) is 5.79. The molecule has 0 saturated heterocycles. The zero-order chi connectivity index (χ0) is 24.3. The number of carbonyl (C=O) groups excluding carboxylic acids is 1. The van der Waals surface area contributed by atoms with Crippen LogP contribution in [0, 0.1) is 6.92 Å². The Morgan fingerprint density at radius 1 is 1.18 bits per heavy atom. The molecule has 2 aromatic heterocycles. The number of aromatic nitrogens is 3. The van der Waals surface area contributed by atoms with Crippen LogP contribution in [0.3, 0.4) is 0 Å². The highest BCUT2D eigenvalue weighted by molar-refractivity contribution is 6.05. The minimum atomic E-state index is -0.599. The quantitative estimate of drug-likeness (QED) is 0.548. The van der Waals surface area contributed by atoms with E-state index < -0.39 is 11.2 Å². The molecule has 0 radical (unpaired) electrons. The van der Waals surface area contributed by atoms with Gasteiger partial charge >= 0.3 is 5.69 Å². The number of rotatable bonds is 8. The standard InChI is InChI=1S/C25H33N5O3/c1-7-12-30-22-21(24(32)28-25(30)33)18(13-19(27-22)15(2)3)23(31)26-14-20(29(5)6)17-10-8-16(4)9-11-17/h8-11,13,15,20H,7,12,14H2,1-6H3,(H,26,31)(H,28,32,33). The summed E-state index contributed by atoms with van der Waals surface area (Å²) < 4.78 is 1.44. The molecule has 1 unspecified atom stereocenters. The van der Waals surface area contributed by atoms with Crippen molar-refractivity contribution in [1.82, 2.24) is 24.8 Å². The molecule has 3 rings (SSSR count). The Labute approximate surface area is 193 Å². The number of aromatic amines is 1. The molecule has 0 aliphatic rings. The van der Waals surface area contributed by atoms with Crippen molar-refractivity contribution in [3.05, 3.63) is 73.6 Å². The molecule has 1 amide bonds. The summed E-state index contributed by atoms with van der Waals surface area (Å²) in [6.45, 7) is 8.66. The molecule has 0 spiro atoms. The Morgan fingerprint density at radius 2 is 1.85 bits per heavy atom. The van der Waals surface area contributed by atoms with Gasteiger partial charge in [-0.1, -0.05) is 50.6 Å². The van der Waals surface area contributed by atoms with Crippen LogP contribution in [-0.2, 0) is 6.54 Å². The van der Waals surface area contributed by atoms with E-state index in [4.69, 9.17) is 0 Å². The highest BCUT2D eigenvalue weighted by Gasteiger charge is 2.22. The molecule has 0 bridgehead atoms. The van der Waals surface area contributed by atoms with Crippen molar-refractivity contribution in [2.75, 3.05) is 20.6 Å². The molecule has 8 heteroatoms. The second kappa shape index (κ2) is 10.1. The number of fused-ring (bicyclic) bond motifs is 1. The number of hydrogen-bond donors (Lipinski definition) is 2. The molecule has 1 atom stereocenters. The number of benzene rings is 1. The number of hydrogen-bond acceptors (Lipinski definition) is 5. The van der Waals surface area contributed by atoms with Crippen LogP contribution in [-0.4, -0.2) is 46.0 Å². The summed E-state index contributed by atoms with van der Waals surface area (Å²) in [6, 6.07) is 9.83. The van der Waals surface area contributed by atoms with Crippen molar-refractivity contribution < 1.29 is 4.79 Å². The highest BCUT2D eigenvalue weighted by atomic mass is 16.2. The van der Waals surface area contributed by atoms with Gasteiger partial charge in [-0.15, -0.1) is 0 Å². The van der Waals surface area contributed by atoms with Crippen LogP contribution in [0.1, 0.15) is 66.3 Å². The lowest BCUT2D eigenvalue weighted by atomic mass is 10.0. The number of carbonyl (C=O) groups is 1. The van der Waals surface area contributed by atoms with Gasteiger partial charge in [0.05, 0.1) is 17.0 Å². The Morgan fingerprint density at radius 3 is 2.42 bits per heavy atom. The van der Waals surface area contributed by atoms with E-state index in [1.807, 2.05) is 58.8 Å². The van der Waals surface area contributed by atoms with Crippen LogP contribution in [0.25, 0.3) is 11.0 Å². The van der Waals surface area contributed by atoms with E-state index >= 15 is 0 Å². The Bertz CT molecular complexity index is 1260. The Balaban J connectivity index is 2.05. The predicted octanol–water partition coefficient (Wildman–Crippen LogP) is 2.96. The summed E-state index contributed by atoms with van der Waals surface area (Å²) in [5.41, 5.74) is 2.29. The SMILES string of the molecule is CCCn1c(=O)[nH]c(=O)c2c(C(=O)NCC(c3ccc(C)cc3)N(C)C)cc(C(C)C)nc21. The fraction of sp³-hybridized carbons (Fsp3) is 0.440. The first-order chi connectivity index (χ1) is 15.6. The van der Waals surface area contributed by atoms with Crippen molar-refractivity contribution in [3.63, 3.8) is 0 Å². The van der Waals surface area contributed by atoms with E-state index in [9.17, 15) is 14.4 Å². The van der Waals surface area contributed by atoms with E-state index in [0.29, 0.717) is 25.2 Å². The predicted molar refractivity (Wildman–Crippen MR) is 131 cm³/mol. The second-order valence-corrected chi connectivity index (χ2v) is 8.96. The summed E-state index contributed by atoms with van der Waals surface area (Å²) >= 11 is 0. The van der Waals surface area contributed by atoms with Gasteiger partial charge in [0.2, 0.25) is 0 Å². The number of H-pyrrole nitrogens is 1. The third kappa shape index (κ3) is 5.22. The zero-order valence-electron chi connectivity index (χ0n) is 20.2. The number of likely N-dealkylation sites (N-methyl/N-ethyl adjacent to an activating group) is 1. The zero-order valence-corrected chi connectivity index (χ0v) is 20.2.